The lowest BCUT2D eigenvalue weighted by molar-refractivity contribution is 0.151. The van der Waals surface area contributed by atoms with E-state index in [0.29, 0.717) is 12.0 Å². The maximum atomic E-state index is 5.28. The van der Waals surface area contributed by atoms with Crippen LogP contribution >= 0.6 is 24.0 Å². The van der Waals surface area contributed by atoms with Crippen LogP contribution in [-0.4, -0.2) is 38.1 Å². The zero-order chi connectivity index (χ0) is 15.4. The van der Waals surface area contributed by atoms with Crippen molar-refractivity contribution < 1.29 is 4.74 Å². The standard InChI is InChI=1S/C18H27N3O.HI/c1-19-17(21-11-10-18(14-21)8-5-9-18)20-12-15-6-3-4-7-16(15)13-22-2;/h3-4,6-7H,5,8-14H2,1-2H3,(H,19,20);1H. The average Bonchev–Trinajstić information content (AvgIpc) is 2.95. The number of hydrogen-bond donors (Lipinski definition) is 1. The first-order valence-electron chi connectivity index (χ1n) is 8.28. The van der Waals surface area contributed by atoms with Gasteiger partial charge in [-0.2, -0.15) is 0 Å². The summed E-state index contributed by atoms with van der Waals surface area (Å²) in [5, 5.41) is 3.53. The van der Waals surface area contributed by atoms with E-state index in [-0.39, 0.29) is 24.0 Å². The molecule has 1 aromatic rings. The van der Waals surface area contributed by atoms with Gasteiger partial charge < -0.3 is 15.0 Å². The molecule has 2 fully saturated rings. The molecule has 1 aromatic carbocycles. The van der Waals surface area contributed by atoms with Crippen LogP contribution in [-0.2, 0) is 17.9 Å². The fraction of sp³-hybridized carbons (Fsp3) is 0.611. The molecule has 0 unspecified atom stereocenters. The second kappa shape index (κ2) is 8.33. The van der Waals surface area contributed by atoms with Crippen LogP contribution in [0.5, 0.6) is 0 Å². The quantitative estimate of drug-likeness (QED) is 0.453. The van der Waals surface area contributed by atoms with Crippen molar-refractivity contribution in [3.8, 4) is 0 Å². The van der Waals surface area contributed by atoms with Gasteiger partial charge in [-0.3, -0.25) is 4.99 Å². The van der Waals surface area contributed by atoms with Gasteiger partial charge in [-0.1, -0.05) is 30.7 Å². The summed E-state index contributed by atoms with van der Waals surface area (Å²) in [6.07, 6.45) is 5.53. The molecule has 1 saturated carbocycles. The van der Waals surface area contributed by atoms with Crippen molar-refractivity contribution in [1.82, 2.24) is 10.2 Å². The highest BCUT2D eigenvalue weighted by Crippen LogP contribution is 2.47. The highest BCUT2D eigenvalue weighted by Gasteiger charge is 2.43. The van der Waals surface area contributed by atoms with E-state index in [2.05, 4.69) is 39.5 Å². The van der Waals surface area contributed by atoms with Gasteiger partial charge >= 0.3 is 0 Å². The summed E-state index contributed by atoms with van der Waals surface area (Å²) in [7, 11) is 3.63. The van der Waals surface area contributed by atoms with Crippen LogP contribution in [0.15, 0.2) is 29.3 Å². The van der Waals surface area contributed by atoms with E-state index < -0.39 is 0 Å². The van der Waals surface area contributed by atoms with Crippen LogP contribution in [0, 0.1) is 5.41 Å². The summed E-state index contributed by atoms with van der Waals surface area (Å²) in [5.74, 6) is 1.04. The molecule has 1 heterocycles. The zero-order valence-electron chi connectivity index (χ0n) is 14.2. The minimum atomic E-state index is 0. The summed E-state index contributed by atoms with van der Waals surface area (Å²) in [4.78, 5) is 6.91. The maximum absolute atomic E-state index is 5.28. The summed E-state index contributed by atoms with van der Waals surface area (Å²) < 4.78 is 5.28. The normalized spacial score (nSPS) is 19.4. The molecule has 1 saturated heterocycles. The molecule has 1 spiro atoms. The van der Waals surface area contributed by atoms with Crippen LogP contribution in [0.4, 0.5) is 0 Å². The Hall–Kier alpha value is -0.820. The van der Waals surface area contributed by atoms with Crippen LogP contribution in [0.2, 0.25) is 0 Å². The molecule has 0 atom stereocenters. The van der Waals surface area contributed by atoms with Crippen molar-refractivity contribution in [2.45, 2.75) is 38.8 Å². The monoisotopic (exact) mass is 429 g/mol. The van der Waals surface area contributed by atoms with Crippen LogP contribution in [0.1, 0.15) is 36.8 Å². The Morgan fingerprint density at radius 2 is 2.00 bits per heavy atom. The van der Waals surface area contributed by atoms with E-state index in [0.717, 1.165) is 19.0 Å². The topological polar surface area (TPSA) is 36.9 Å². The fourth-order valence-electron chi connectivity index (χ4n) is 3.73. The molecular formula is C18H28IN3O. The van der Waals surface area contributed by atoms with Crippen molar-refractivity contribution in [1.29, 1.82) is 0 Å². The van der Waals surface area contributed by atoms with E-state index in [1.165, 1.54) is 43.4 Å². The van der Waals surface area contributed by atoms with Crippen molar-refractivity contribution in [3.05, 3.63) is 35.4 Å². The molecular weight excluding hydrogens is 401 g/mol. The summed E-state index contributed by atoms with van der Waals surface area (Å²) in [6, 6.07) is 8.43. The molecule has 5 heteroatoms. The number of nitrogens with one attached hydrogen (secondary N) is 1. The number of aliphatic imine (C=N–C) groups is 1. The molecule has 0 aromatic heterocycles. The highest BCUT2D eigenvalue weighted by molar-refractivity contribution is 14.0. The van der Waals surface area contributed by atoms with E-state index >= 15 is 0 Å². The fourth-order valence-corrected chi connectivity index (χ4v) is 3.73. The molecule has 0 amide bonds. The van der Waals surface area contributed by atoms with Gasteiger partial charge in [0, 0.05) is 33.8 Å². The molecule has 128 valence electrons. The average molecular weight is 429 g/mol. The number of methoxy groups -OCH3 is 1. The zero-order valence-corrected chi connectivity index (χ0v) is 16.5. The van der Waals surface area contributed by atoms with E-state index in [1.807, 2.05) is 7.05 Å². The molecule has 1 N–H and O–H groups in total. The lowest BCUT2D eigenvalue weighted by Gasteiger charge is -2.38. The van der Waals surface area contributed by atoms with Gasteiger partial charge in [-0.05, 0) is 35.8 Å². The molecule has 0 radical (unpaired) electrons. The minimum Gasteiger partial charge on any atom is -0.380 e. The predicted molar refractivity (Wildman–Crippen MR) is 105 cm³/mol. The van der Waals surface area contributed by atoms with Crippen molar-refractivity contribution >= 4 is 29.9 Å². The van der Waals surface area contributed by atoms with Gasteiger partial charge in [0.05, 0.1) is 6.61 Å². The van der Waals surface area contributed by atoms with Gasteiger partial charge in [0.1, 0.15) is 0 Å². The number of nitrogens with zero attached hydrogens (tertiary/aromatic N) is 2. The van der Waals surface area contributed by atoms with Gasteiger partial charge in [0.25, 0.3) is 0 Å². The maximum Gasteiger partial charge on any atom is 0.193 e. The van der Waals surface area contributed by atoms with Crippen molar-refractivity contribution in [3.63, 3.8) is 0 Å². The Balaban J connectivity index is 0.00000192. The third-order valence-corrected chi connectivity index (χ3v) is 5.22. The second-order valence-corrected chi connectivity index (χ2v) is 6.63. The SMILES string of the molecule is CN=C(NCc1ccccc1COC)N1CCC2(CCC2)C1.I. The van der Waals surface area contributed by atoms with Crippen LogP contribution < -0.4 is 5.32 Å². The van der Waals surface area contributed by atoms with E-state index in [4.69, 9.17) is 4.74 Å². The molecule has 1 aliphatic carbocycles. The predicted octanol–water partition coefficient (Wildman–Crippen LogP) is 3.40. The number of likely N-dealkylation sites (tertiary alicyclic amines) is 1. The number of benzene rings is 1. The van der Waals surface area contributed by atoms with Crippen molar-refractivity contribution in [2.24, 2.45) is 10.4 Å². The molecule has 1 aliphatic heterocycles. The Kier molecular flexibility index (Phi) is 6.71. The summed E-state index contributed by atoms with van der Waals surface area (Å²) in [6.45, 7) is 3.77. The number of hydrogen-bond acceptors (Lipinski definition) is 2. The Morgan fingerprint density at radius 3 is 2.57 bits per heavy atom. The number of halogens is 1. The van der Waals surface area contributed by atoms with Gasteiger partial charge in [0.2, 0.25) is 0 Å². The first-order valence-corrected chi connectivity index (χ1v) is 8.28. The lowest BCUT2D eigenvalue weighted by atomic mass is 9.68. The van der Waals surface area contributed by atoms with Gasteiger partial charge in [-0.25, -0.2) is 0 Å². The molecule has 0 bridgehead atoms. The lowest BCUT2D eigenvalue weighted by Crippen LogP contribution is -2.42. The Labute approximate surface area is 156 Å². The third kappa shape index (κ3) is 4.18. The van der Waals surface area contributed by atoms with Crippen LogP contribution in [0.3, 0.4) is 0 Å². The first-order chi connectivity index (χ1) is 10.8. The molecule has 23 heavy (non-hydrogen) atoms. The first kappa shape index (κ1) is 18.5. The van der Waals surface area contributed by atoms with Gasteiger partial charge in [0.15, 0.2) is 5.96 Å². The van der Waals surface area contributed by atoms with Crippen LogP contribution in [0.25, 0.3) is 0 Å². The molecule has 2 aliphatic rings. The molecule has 3 rings (SSSR count). The number of rotatable bonds is 4. The third-order valence-electron chi connectivity index (χ3n) is 5.22. The minimum absolute atomic E-state index is 0. The largest absolute Gasteiger partial charge is 0.380 e. The highest BCUT2D eigenvalue weighted by atomic mass is 127. The van der Waals surface area contributed by atoms with E-state index in [1.54, 1.807) is 7.11 Å². The van der Waals surface area contributed by atoms with Crippen molar-refractivity contribution in [2.75, 3.05) is 27.2 Å². The summed E-state index contributed by atoms with van der Waals surface area (Å²) in [5.41, 5.74) is 3.12. The van der Waals surface area contributed by atoms with Gasteiger partial charge in [-0.15, -0.1) is 24.0 Å². The smallest absolute Gasteiger partial charge is 0.193 e. The number of guanidine groups is 1. The number of ether oxygens (including phenoxy) is 1. The Bertz CT molecular complexity index is 543. The van der Waals surface area contributed by atoms with E-state index in [9.17, 15) is 0 Å². The Morgan fingerprint density at radius 1 is 1.26 bits per heavy atom. The summed E-state index contributed by atoms with van der Waals surface area (Å²) >= 11 is 0. The molecule has 4 nitrogen and oxygen atoms in total. The second-order valence-electron chi connectivity index (χ2n) is 6.63.